The van der Waals surface area contributed by atoms with Crippen molar-refractivity contribution in [1.82, 2.24) is 25.3 Å². The number of fused-ring (bicyclic) bond motifs is 1. The van der Waals surface area contributed by atoms with Crippen LogP contribution in [0.25, 0.3) is 11.0 Å². The molecule has 5 rings (SSSR count). The molecule has 0 radical (unpaired) electrons. The number of halogens is 1. The van der Waals surface area contributed by atoms with E-state index in [-0.39, 0.29) is 23.4 Å². The summed E-state index contributed by atoms with van der Waals surface area (Å²) >= 11 is 0. The van der Waals surface area contributed by atoms with Gasteiger partial charge >= 0.3 is 0 Å². The molecule has 1 aliphatic heterocycles. The summed E-state index contributed by atoms with van der Waals surface area (Å²) in [6.45, 7) is 12.4. The average Bonchev–Trinajstić information content (AvgIpc) is 3.54. The highest BCUT2D eigenvalue weighted by Crippen LogP contribution is 2.36. The van der Waals surface area contributed by atoms with Crippen molar-refractivity contribution in [2.24, 2.45) is 5.92 Å². The Morgan fingerprint density at radius 1 is 1.14 bits per heavy atom. The van der Waals surface area contributed by atoms with E-state index in [0.717, 1.165) is 38.0 Å². The number of aliphatic hydroxyl groups is 1. The minimum atomic E-state index is -0.206. The van der Waals surface area contributed by atoms with Crippen LogP contribution in [0, 0.1) is 18.7 Å². The quantitative estimate of drug-likeness (QED) is 0.290. The van der Waals surface area contributed by atoms with Crippen LogP contribution in [0.4, 0.5) is 4.39 Å². The largest absolute Gasteiger partial charge is 0.400 e. The van der Waals surface area contributed by atoms with Crippen molar-refractivity contribution in [3.8, 4) is 0 Å². The third-order valence-corrected chi connectivity index (χ3v) is 8.34. The van der Waals surface area contributed by atoms with E-state index >= 15 is 4.39 Å². The Bertz CT molecular complexity index is 1250. The Morgan fingerprint density at radius 2 is 1.80 bits per heavy atom. The number of aliphatic hydroxyl groups excluding tert-OH is 1. The molecule has 11 heteroatoms. The number of H-pyrrole nitrogens is 1. The van der Waals surface area contributed by atoms with E-state index in [1.54, 1.807) is 6.92 Å². The molecule has 3 heterocycles. The summed E-state index contributed by atoms with van der Waals surface area (Å²) in [5, 5.41) is 14.0. The molecule has 1 saturated carbocycles. The van der Waals surface area contributed by atoms with Crippen LogP contribution < -0.4 is 5.32 Å². The second kappa shape index (κ2) is 18.7. The molecule has 2 aliphatic rings. The standard InChI is InChI=1S/C26H41FN4O.C5H5NO2.CH4O.CH2O/c1-26(2,3)31-15-10-16-32-17-21(31)19-13-14-20-24(22(19)27)30-25(29-20)23(28-4)18-11-8-6-5-7-9-12-18;1-4-5(2-7)3-8-6-4;2*1-2/h13-14,18,21,23,28H,5-12,15-17H2,1-4H3,(H,29,30);2-3H,1H3;2H,1H3;1H2. The van der Waals surface area contributed by atoms with Crippen LogP contribution in [0.3, 0.4) is 0 Å². The number of nitrogens with zero attached hydrogens (tertiary/aromatic N) is 3. The van der Waals surface area contributed by atoms with Gasteiger partial charge in [0.15, 0.2) is 12.1 Å². The third kappa shape index (κ3) is 9.76. The summed E-state index contributed by atoms with van der Waals surface area (Å²) < 4.78 is 26.2. The number of rotatable bonds is 5. The van der Waals surface area contributed by atoms with Crippen molar-refractivity contribution < 1.29 is 28.3 Å². The summed E-state index contributed by atoms with van der Waals surface area (Å²) in [4.78, 5) is 28.6. The zero-order chi connectivity index (χ0) is 32.7. The first-order valence-corrected chi connectivity index (χ1v) is 15.5. The number of imidazole rings is 1. The number of hydrogen-bond donors (Lipinski definition) is 3. The number of aromatic amines is 1. The summed E-state index contributed by atoms with van der Waals surface area (Å²) in [6.07, 6.45) is 11.9. The predicted octanol–water partition coefficient (Wildman–Crippen LogP) is 6.10. The van der Waals surface area contributed by atoms with E-state index in [4.69, 9.17) is 19.6 Å². The molecule has 10 nitrogen and oxygen atoms in total. The lowest BCUT2D eigenvalue weighted by Gasteiger charge is -2.40. The fourth-order valence-corrected chi connectivity index (χ4v) is 6.15. The first kappa shape index (κ1) is 37.2. The molecule has 246 valence electrons. The highest BCUT2D eigenvalue weighted by Gasteiger charge is 2.34. The third-order valence-electron chi connectivity index (χ3n) is 8.34. The highest BCUT2D eigenvalue weighted by molar-refractivity contribution is 5.77. The van der Waals surface area contributed by atoms with E-state index in [1.807, 2.05) is 26.0 Å². The maximum absolute atomic E-state index is 15.9. The van der Waals surface area contributed by atoms with E-state index in [9.17, 15) is 4.79 Å². The molecule has 3 N–H and O–H groups in total. The zero-order valence-corrected chi connectivity index (χ0v) is 27.3. The molecule has 0 amide bonds. The van der Waals surface area contributed by atoms with Crippen molar-refractivity contribution in [3.05, 3.63) is 46.9 Å². The maximum Gasteiger partial charge on any atom is 0.155 e. The Morgan fingerprint density at radius 3 is 2.34 bits per heavy atom. The van der Waals surface area contributed by atoms with Crippen LogP contribution in [-0.2, 0) is 9.53 Å². The lowest BCUT2D eigenvalue weighted by Crippen LogP contribution is -2.45. The van der Waals surface area contributed by atoms with Crippen molar-refractivity contribution in [1.29, 1.82) is 0 Å². The van der Waals surface area contributed by atoms with Gasteiger partial charge in [0.05, 0.1) is 35.5 Å². The molecule has 44 heavy (non-hydrogen) atoms. The van der Waals surface area contributed by atoms with Crippen LogP contribution in [-0.4, -0.2) is 77.7 Å². The van der Waals surface area contributed by atoms with E-state index in [0.29, 0.717) is 41.1 Å². The molecule has 1 aromatic carbocycles. The zero-order valence-electron chi connectivity index (χ0n) is 27.3. The van der Waals surface area contributed by atoms with Gasteiger partial charge < -0.3 is 29.5 Å². The van der Waals surface area contributed by atoms with E-state index < -0.39 is 0 Å². The molecular weight excluding hydrogens is 565 g/mol. The van der Waals surface area contributed by atoms with Gasteiger partial charge in [0.2, 0.25) is 0 Å². The highest BCUT2D eigenvalue weighted by atomic mass is 19.1. The average molecular weight is 618 g/mol. The Balaban J connectivity index is 0.000000478. The van der Waals surface area contributed by atoms with Gasteiger partial charge in [-0.05, 0) is 66.0 Å². The number of carbonyl (C=O) groups excluding carboxylic acids is 2. The summed E-state index contributed by atoms with van der Waals surface area (Å²) in [7, 11) is 3.00. The molecule has 2 unspecified atom stereocenters. The number of aromatic nitrogens is 3. The second-order valence-electron chi connectivity index (χ2n) is 12.1. The molecule has 1 saturated heterocycles. The molecule has 0 bridgehead atoms. The smallest absolute Gasteiger partial charge is 0.155 e. The maximum atomic E-state index is 15.9. The Kier molecular flexibility index (Phi) is 15.8. The van der Waals surface area contributed by atoms with Crippen molar-refractivity contribution in [2.75, 3.05) is 33.9 Å². The number of benzene rings is 1. The molecule has 2 aromatic heterocycles. The Hall–Kier alpha value is -2.99. The van der Waals surface area contributed by atoms with Gasteiger partial charge in [-0.1, -0.05) is 43.3 Å². The Labute approximate surface area is 261 Å². The van der Waals surface area contributed by atoms with E-state index in [1.165, 1.54) is 51.2 Å². The minimum absolute atomic E-state index is 0.0636. The summed E-state index contributed by atoms with van der Waals surface area (Å²) in [5.41, 5.74) is 3.03. The molecule has 0 spiro atoms. The number of ether oxygens (including phenoxy) is 1. The SMILES string of the molecule is C=O.CNC(c1nc2c(F)c(C3COCCCN3C(C)(C)C)ccc2[nH]1)C1CCCCCCC1.CO.Cc1nocc1C=O. The lowest BCUT2D eigenvalue weighted by atomic mass is 9.85. The number of aryl methyl sites for hydroxylation is 1. The summed E-state index contributed by atoms with van der Waals surface area (Å²) in [5.74, 6) is 1.20. The lowest BCUT2D eigenvalue weighted by molar-refractivity contribution is -0.0980. The predicted molar refractivity (Wildman–Crippen MR) is 170 cm³/mol. The first-order chi connectivity index (χ1) is 21.2. The number of carbonyl (C=O) groups is 2. The van der Waals surface area contributed by atoms with Gasteiger partial charge in [-0.15, -0.1) is 0 Å². The monoisotopic (exact) mass is 617 g/mol. The normalized spacial score (nSPS) is 19.0. The van der Waals surface area contributed by atoms with Crippen LogP contribution in [0.2, 0.25) is 0 Å². The van der Waals surface area contributed by atoms with Gasteiger partial charge in [-0.25, -0.2) is 9.37 Å². The fraction of sp³-hybridized carbons (Fsp3) is 0.636. The molecular formula is C33H52FN5O5. The molecule has 2 fully saturated rings. The number of aldehydes is 1. The van der Waals surface area contributed by atoms with Crippen LogP contribution >= 0.6 is 0 Å². The van der Waals surface area contributed by atoms with Crippen LogP contribution in [0.1, 0.15) is 112 Å². The first-order valence-electron chi connectivity index (χ1n) is 15.5. The van der Waals surface area contributed by atoms with Crippen molar-refractivity contribution in [3.63, 3.8) is 0 Å². The van der Waals surface area contributed by atoms with Gasteiger partial charge in [-0.2, -0.15) is 0 Å². The molecule has 3 aromatic rings. The topological polar surface area (TPSA) is 134 Å². The van der Waals surface area contributed by atoms with Crippen LogP contribution in [0.5, 0.6) is 0 Å². The van der Waals surface area contributed by atoms with Gasteiger partial charge in [0, 0.05) is 31.4 Å². The van der Waals surface area contributed by atoms with Crippen molar-refractivity contribution >= 4 is 24.1 Å². The molecule has 1 aliphatic carbocycles. The summed E-state index contributed by atoms with van der Waals surface area (Å²) in [6, 6.07) is 3.96. The van der Waals surface area contributed by atoms with Crippen LogP contribution in [0.15, 0.2) is 22.9 Å². The van der Waals surface area contributed by atoms with Gasteiger partial charge in [-0.3, -0.25) is 9.69 Å². The second-order valence-corrected chi connectivity index (χ2v) is 12.1. The molecule has 2 atom stereocenters. The van der Waals surface area contributed by atoms with Crippen molar-refractivity contribution in [2.45, 2.75) is 96.7 Å². The van der Waals surface area contributed by atoms with Gasteiger partial charge in [0.1, 0.15) is 24.4 Å². The van der Waals surface area contributed by atoms with Gasteiger partial charge in [0.25, 0.3) is 0 Å². The van der Waals surface area contributed by atoms with E-state index in [2.05, 4.69) is 45.7 Å². The number of hydrogen-bond acceptors (Lipinski definition) is 9. The minimum Gasteiger partial charge on any atom is -0.400 e. The fourth-order valence-electron chi connectivity index (χ4n) is 6.15. The number of nitrogens with one attached hydrogen (secondary N) is 2.